The van der Waals surface area contributed by atoms with E-state index < -0.39 is 11.6 Å². The van der Waals surface area contributed by atoms with Gasteiger partial charge in [-0.2, -0.15) is 9.78 Å². The molecule has 6 heteroatoms. The highest BCUT2D eigenvalue weighted by Crippen LogP contribution is 2.63. The summed E-state index contributed by atoms with van der Waals surface area (Å²) in [6.07, 6.45) is 13.7. The van der Waals surface area contributed by atoms with Gasteiger partial charge < -0.3 is 10.1 Å². The van der Waals surface area contributed by atoms with Crippen LogP contribution >= 0.6 is 11.6 Å². The van der Waals surface area contributed by atoms with Crippen LogP contribution in [-0.2, 0) is 14.5 Å². The third-order valence-corrected chi connectivity index (χ3v) is 9.62. The lowest BCUT2D eigenvalue weighted by atomic mass is 9.53. The van der Waals surface area contributed by atoms with Gasteiger partial charge in [0, 0.05) is 53.5 Å². The van der Waals surface area contributed by atoms with Crippen molar-refractivity contribution in [2.24, 2.45) is 29.6 Å². The van der Waals surface area contributed by atoms with Gasteiger partial charge in [-0.05, 0) is 93.4 Å². The Hall–Kier alpha value is -1.40. The van der Waals surface area contributed by atoms with Crippen LogP contribution < -0.4 is 5.32 Å². The average molecular weight is 469 g/mol. The fourth-order valence-corrected chi connectivity index (χ4v) is 8.05. The Balaban J connectivity index is 0.954. The van der Waals surface area contributed by atoms with Crippen molar-refractivity contribution in [3.8, 4) is 0 Å². The topological polar surface area (TPSA) is 52.6 Å². The number of ether oxygens (including phenoxy) is 1. The SMILES string of the molecule is Clc1ccc2c(NCCC3CCC4(CC3)OOC3(O4)C4CC5CC(C4)CC3C5)ccnc2c1. The van der Waals surface area contributed by atoms with Crippen molar-refractivity contribution in [3.05, 3.63) is 35.5 Å². The number of fused-ring (bicyclic) bond motifs is 1. The van der Waals surface area contributed by atoms with Gasteiger partial charge in [0.1, 0.15) is 0 Å². The van der Waals surface area contributed by atoms with Gasteiger partial charge in [-0.25, -0.2) is 0 Å². The lowest BCUT2D eigenvalue weighted by Gasteiger charge is -2.57. The average Bonchev–Trinajstić information content (AvgIpc) is 3.18. The molecule has 0 radical (unpaired) electrons. The second-order valence-electron chi connectivity index (χ2n) is 11.4. The van der Waals surface area contributed by atoms with Crippen molar-refractivity contribution in [1.29, 1.82) is 0 Å². The lowest BCUT2D eigenvalue weighted by Crippen LogP contribution is -2.59. The second-order valence-corrected chi connectivity index (χ2v) is 11.8. The summed E-state index contributed by atoms with van der Waals surface area (Å²) in [4.78, 5) is 16.7. The number of hydrogen-bond acceptors (Lipinski definition) is 5. The summed E-state index contributed by atoms with van der Waals surface area (Å²) in [7, 11) is 0. The molecule has 5 saturated carbocycles. The summed E-state index contributed by atoms with van der Waals surface area (Å²) in [6, 6.07) is 7.94. The van der Waals surface area contributed by atoms with E-state index in [0.29, 0.717) is 17.8 Å². The van der Waals surface area contributed by atoms with Crippen LogP contribution in [0.25, 0.3) is 10.9 Å². The molecule has 5 aliphatic carbocycles. The van der Waals surface area contributed by atoms with E-state index in [1.165, 1.54) is 32.1 Å². The molecular weight excluding hydrogens is 436 g/mol. The normalized spacial score (nSPS) is 41.4. The van der Waals surface area contributed by atoms with Crippen molar-refractivity contribution >= 4 is 28.2 Å². The maximum Gasteiger partial charge on any atom is 0.210 e. The Morgan fingerprint density at radius 3 is 2.48 bits per heavy atom. The third kappa shape index (κ3) is 3.50. The molecule has 1 N–H and O–H groups in total. The molecule has 1 saturated heterocycles. The Morgan fingerprint density at radius 2 is 1.73 bits per heavy atom. The fraction of sp³-hybridized carbons (Fsp3) is 0.667. The van der Waals surface area contributed by atoms with Crippen LogP contribution in [0, 0.1) is 29.6 Å². The predicted molar refractivity (Wildman–Crippen MR) is 128 cm³/mol. The number of halogens is 1. The molecule has 176 valence electrons. The highest BCUT2D eigenvalue weighted by atomic mass is 35.5. The lowest BCUT2D eigenvalue weighted by molar-refractivity contribution is -0.390. The van der Waals surface area contributed by atoms with Gasteiger partial charge in [-0.3, -0.25) is 4.98 Å². The summed E-state index contributed by atoms with van der Waals surface area (Å²) in [5.41, 5.74) is 2.06. The van der Waals surface area contributed by atoms with E-state index in [0.717, 1.165) is 72.1 Å². The van der Waals surface area contributed by atoms with Crippen LogP contribution in [0.1, 0.15) is 64.2 Å². The molecule has 6 fully saturated rings. The summed E-state index contributed by atoms with van der Waals surface area (Å²) < 4.78 is 6.86. The zero-order chi connectivity index (χ0) is 22.0. The van der Waals surface area contributed by atoms with E-state index in [1.54, 1.807) is 0 Å². The molecule has 0 unspecified atom stereocenters. The molecule has 1 aliphatic heterocycles. The van der Waals surface area contributed by atoms with Crippen molar-refractivity contribution in [3.63, 3.8) is 0 Å². The smallest absolute Gasteiger partial charge is 0.210 e. The fourth-order valence-electron chi connectivity index (χ4n) is 7.89. The van der Waals surface area contributed by atoms with E-state index >= 15 is 0 Å². The van der Waals surface area contributed by atoms with E-state index in [1.807, 2.05) is 30.5 Å². The molecule has 33 heavy (non-hydrogen) atoms. The van der Waals surface area contributed by atoms with E-state index in [9.17, 15) is 0 Å². The Morgan fingerprint density at radius 1 is 0.970 bits per heavy atom. The molecule has 2 spiro atoms. The molecule has 0 atom stereocenters. The minimum atomic E-state index is -0.500. The van der Waals surface area contributed by atoms with Gasteiger partial charge in [0.05, 0.1) is 5.52 Å². The molecule has 4 bridgehead atoms. The number of nitrogens with one attached hydrogen (secondary N) is 1. The van der Waals surface area contributed by atoms with Gasteiger partial charge in [-0.1, -0.05) is 11.6 Å². The number of benzene rings is 1. The van der Waals surface area contributed by atoms with E-state index in [4.69, 9.17) is 26.1 Å². The Kier molecular flexibility index (Phi) is 4.95. The summed E-state index contributed by atoms with van der Waals surface area (Å²) in [6.45, 7) is 0.953. The zero-order valence-electron chi connectivity index (χ0n) is 19.1. The monoisotopic (exact) mass is 468 g/mol. The molecular formula is C27H33ClN2O3. The van der Waals surface area contributed by atoms with Crippen LogP contribution in [0.15, 0.2) is 30.5 Å². The number of anilines is 1. The highest BCUT2D eigenvalue weighted by Gasteiger charge is 2.66. The summed E-state index contributed by atoms with van der Waals surface area (Å²) in [5, 5.41) is 5.47. The first-order valence-corrected chi connectivity index (χ1v) is 13.3. The highest BCUT2D eigenvalue weighted by molar-refractivity contribution is 6.31. The van der Waals surface area contributed by atoms with Crippen molar-refractivity contribution in [2.45, 2.75) is 75.8 Å². The molecule has 2 heterocycles. The van der Waals surface area contributed by atoms with Gasteiger partial charge >= 0.3 is 0 Å². The first kappa shape index (κ1) is 20.9. The van der Waals surface area contributed by atoms with Crippen LogP contribution in [0.3, 0.4) is 0 Å². The molecule has 5 nitrogen and oxygen atoms in total. The molecule has 2 aromatic rings. The first-order valence-electron chi connectivity index (χ1n) is 13.0. The van der Waals surface area contributed by atoms with E-state index in [2.05, 4.69) is 10.3 Å². The zero-order valence-corrected chi connectivity index (χ0v) is 19.9. The quantitative estimate of drug-likeness (QED) is 0.505. The predicted octanol–water partition coefficient (Wildman–Crippen LogP) is 6.71. The number of aromatic nitrogens is 1. The van der Waals surface area contributed by atoms with Gasteiger partial charge in [0.15, 0.2) is 0 Å². The number of pyridine rings is 1. The Labute approximate surface area is 200 Å². The van der Waals surface area contributed by atoms with Crippen LogP contribution in [-0.4, -0.2) is 23.1 Å². The van der Waals surface area contributed by atoms with Crippen LogP contribution in [0.4, 0.5) is 5.69 Å². The molecule has 1 aromatic heterocycles. The molecule has 0 amide bonds. The second kappa shape index (κ2) is 7.81. The van der Waals surface area contributed by atoms with Gasteiger partial charge in [0.2, 0.25) is 11.6 Å². The number of rotatable bonds is 4. The minimum absolute atomic E-state index is 0.437. The van der Waals surface area contributed by atoms with Gasteiger partial charge in [-0.15, -0.1) is 0 Å². The van der Waals surface area contributed by atoms with Crippen molar-refractivity contribution in [2.75, 3.05) is 11.9 Å². The minimum Gasteiger partial charge on any atom is -0.384 e. The Bertz CT molecular complexity index is 1020. The molecule has 1 aromatic carbocycles. The maximum absolute atomic E-state index is 6.86. The van der Waals surface area contributed by atoms with E-state index in [-0.39, 0.29) is 0 Å². The summed E-state index contributed by atoms with van der Waals surface area (Å²) in [5.74, 6) is 2.64. The molecule has 6 aliphatic rings. The van der Waals surface area contributed by atoms with Crippen LogP contribution in [0.5, 0.6) is 0 Å². The van der Waals surface area contributed by atoms with Crippen molar-refractivity contribution in [1.82, 2.24) is 4.98 Å². The standard InChI is InChI=1S/C27H33ClN2O3/c28-22-1-2-23-24(6-10-30-25(23)16-22)29-9-5-17-3-7-26(8-4-17)31-27(33-32-26)20-12-18-11-19(14-20)15-21(27)13-18/h1-2,6,10,16-21H,3-5,7-9,11-15H2,(H,29,30). The molecule has 8 rings (SSSR count). The van der Waals surface area contributed by atoms with Crippen molar-refractivity contribution < 1.29 is 14.5 Å². The maximum atomic E-state index is 6.86. The van der Waals surface area contributed by atoms with Gasteiger partial charge in [0.25, 0.3) is 0 Å². The number of nitrogens with zero attached hydrogens (tertiary/aromatic N) is 1. The summed E-state index contributed by atoms with van der Waals surface area (Å²) >= 11 is 6.12. The van der Waals surface area contributed by atoms with Crippen LogP contribution in [0.2, 0.25) is 5.02 Å². The first-order chi connectivity index (χ1) is 16.1. The third-order valence-electron chi connectivity index (χ3n) is 9.39. The largest absolute Gasteiger partial charge is 0.384 e. The number of hydrogen-bond donors (Lipinski definition) is 1.